The summed E-state index contributed by atoms with van der Waals surface area (Å²) in [5, 5.41) is -0.456. The van der Waals surface area contributed by atoms with Gasteiger partial charge in [0.25, 0.3) is 15.9 Å². The molecule has 6 nitrogen and oxygen atoms in total. The summed E-state index contributed by atoms with van der Waals surface area (Å²) in [4.78, 5) is 13.2. The summed E-state index contributed by atoms with van der Waals surface area (Å²) in [5.41, 5.74) is 0. The molecule has 1 amide bonds. The Kier molecular flexibility index (Phi) is 4.52. The molecular weight excluding hydrogens is 325 g/mol. The highest BCUT2D eigenvalue weighted by molar-refractivity contribution is 7.89. The number of halogens is 3. The zero-order valence-electron chi connectivity index (χ0n) is 11.7. The number of furan rings is 1. The quantitative estimate of drug-likeness (QED) is 0.906. The molecule has 1 aromatic rings. The van der Waals surface area contributed by atoms with Crippen molar-refractivity contribution in [3.05, 3.63) is 17.9 Å². The fourth-order valence-corrected chi connectivity index (χ4v) is 2.91. The molecule has 0 spiro atoms. The van der Waals surface area contributed by atoms with Gasteiger partial charge in [-0.3, -0.25) is 4.79 Å². The average molecular weight is 340 g/mol. The summed E-state index contributed by atoms with van der Waals surface area (Å²) in [6.07, 6.45) is -4.15. The molecule has 0 unspecified atom stereocenters. The summed E-state index contributed by atoms with van der Waals surface area (Å²) in [5.74, 6) is -2.61. The number of likely N-dealkylation sites (tertiary alicyclic amines) is 1. The molecule has 10 heteroatoms. The lowest BCUT2D eigenvalue weighted by molar-refractivity contribution is -0.184. The van der Waals surface area contributed by atoms with E-state index in [1.807, 2.05) is 4.72 Å². The molecule has 2 heterocycles. The first-order valence-corrected chi connectivity index (χ1v) is 8.03. The molecule has 124 valence electrons. The molecule has 0 radical (unpaired) electrons. The third kappa shape index (κ3) is 3.43. The summed E-state index contributed by atoms with van der Waals surface area (Å²) in [6, 6.07) is 2.23. The number of nitrogens with zero attached hydrogens (tertiary/aromatic N) is 1. The summed E-state index contributed by atoms with van der Waals surface area (Å²) < 4.78 is 68.2. The van der Waals surface area contributed by atoms with Crippen LogP contribution in [0.4, 0.5) is 13.2 Å². The van der Waals surface area contributed by atoms with Crippen LogP contribution < -0.4 is 4.72 Å². The number of hydrogen-bond acceptors (Lipinski definition) is 4. The molecular formula is C12H15F3N2O4S. The number of sulfonamides is 1. The smallest absolute Gasteiger partial charge is 0.393 e. The van der Waals surface area contributed by atoms with Gasteiger partial charge in [0.15, 0.2) is 5.76 Å². The van der Waals surface area contributed by atoms with Crippen LogP contribution in [-0.2, 0) is 10.0 Å². The first kappa shape index (κ1) is 16.8. The summed E-state index contributed by atoms with van der Waals surface area (Å²) in [6.45, 7) is -0.266. The van der Waals surface area contributed by atoms with Crippen LogP contribution in [0.25, 0.3) is 0 Å². The van der Waals surface area contributed by atoms with Gasteiger partial charge in [-0.1, -0.05) is 0 Å². The minimum atomic E-state index is -4.36. The topological polar surface area (TPSA) is 79.6 Å². The fraction of sp³-hybridized carbons (Fsp3) is 0.583. The van der Waals surface area contributed by atoms with Gasteiger partial charge in [-0.25, -0.2) is 13.1 Å². The maximum atomic E-state index is 12.7. The Morgan fingerprint density at radius 2 is 2.09 bits per heavy atom. The molecule has 0 bridgehead atoms. The molecule has 1 aliphatic heterocycles. The summed E-state index contributed by atoms with van der Waals surface area (Å²) >= 11 is 0. The Labute approximate surface area is 125 Å². The van der Waals surface area contributed by atoms with Gasteiger partial charge in [-0.05, 0) is 32.0 Å². The number of carbonyl (C=O) groups is 1. The number of carbonyl (C=O) groups excluding carboxylic acids is 1. The Morgan fingerprint density at radius 1 is 1.41 bits per heavy atom. The van der Waals surface area contributed by atoms with Crippen LogP contribution >= 0.6 is 0 Å². The lowest BCUT2D eigenvalue weighted by Gasteiger charge is -2.33. The van der Waals surface area contributed by atoms with E-state index in [-0.39, 0.29) is 25.1 Å². The van der Waals surface area contributed by atoms with Gasteiger partial charge >= 0.3 is 6.18 Å². The molecule has 22 heavy (non-hydrogen) atoms. The van der Waals surface area contributed by atoms with Gasteiger partial charge in [0, 0.05) is 13.1 Å². The highest BCUT2D eigenvalue weighted by atomic mass is 32.2. The first-order valence-electron chi connectivity index (χ1n) is 6.54. The number of nitrogens with one attached hydrogen (secondary N) is 1. The highest BCUT2D eigenvalue weighted by Gasteiger charge is 2.43. The molecule has 1 aliphatic rings. The second kappa shape index (κ2) is 5.92. The third-order valence-electron chi connectivity index (χ3n) is 3.50. The number of alkyl halides is 3. The van der Waals surface area contributed by atoms with Crippen molar-refractivity contribution >= 4 is 15.9 Å². The zero-order valence-corrected chi connectivity index (χ0v) is 12.5. The predicted molar refractivity (Wildman–Crippen MR) is 69.6 cm³/mol. The van der Waals surface area contributed by atoms with Crippen molar-refractivity contribution in [2.24, 2.45) is 5.92 Å². The maximum absolute atomic E-state index is 12.7. The van der Waals surface area contributed by atoms with E-state index >= 15 is 0 Å². The van der Waals surface area contributed by atoms with Crippen LogP contribution in [0, 0.1) is 5.92 Å². The van der Waals surface area contributed by atoms with Crippen LogP contribution in [0.3, 0.4) is 0 Å². The van der Waals surface area contributed by atoms with E-state index in [0.29, 0.717) is 0 Å². The second-order valence-corrected chi connectivity index (χ2v) is 6.78. The third-order valence-corrected chi connectivity index (χ3v) is 4.78. The minimum Gasteiger partial charge on any atom is -0.438 e. The lowest BCUT2D eigenvalue weighted by Crippen LogP contribution is -2.44. The SMILES string of the molecule is CNS(=O)(=O)c1ccc(C(=O)N2CCC[C@@H](C(F)(F)F)C2)o1. The molecule has 0 aliphatic carbocycles. The first-order chi connectivity index (χ1) is 10.1. The highest BCUT2D eigenvalue weighted by Crippen LogP contribution is 2.33. The Bertz CT molecular complexity index is 654. The van der Waals surface area contributed by atoms with Crippen LogP contribution in [0.2, 0.25) is 0 Å². The van der Waals surface area contributed by atoms with Gasteiger partial charge in [0.05, 0.1) is 5.92 Å². The normalized spacial score (nSPS) is 20.2. The van der Waals surface area contributed by atoms with Crippen molar-refractivity contribution in [3.63, 3.8) is 0 Å². The van der Waals surface area contributed by atoms with E-state index in [0.717, 1.165) is 17.0 Å². The fourth-order valence-electron chi connectivity index (χ4n) is 2.26. The number of rotatable bonds is 3. The van der Waals surface area contributed by atoms with E-state index in [1.54, 1.807) is 0 Å². The van der Waals surface area contributed by atoms with E-state index in [2.05, 4.69) is 0 Å². The van der Waals surface area contributed by atoms with Gasteiger partial charge in [0.2, 0.25) is 5.09 Å². The van der Waals surface area contributed by atoms with Crippen molar-refractivity contribution in [2.45, 2.75) is 24.1 Å². The van der Waals surface area contributed by atoms with E-state index < -0.39 is 39.7 Å². The van der Waals surface area contributed by atoms with Crippen molar-refractivity contribution in [1.82, 2.24) is 9.62 Å². The van der Waals surface area contributed by atoms with Crippen LogP contribution in [0.5, 0.6) is 0 Å². The number of hydrogen-bond donors (Lipinski definition) is 1. The standard InChI is InChI=1S/C12H15F3N2O4S/c1-16-22(19,20)10-5-4-9(21-10)11(18)17-6-2-3-8(7-17)12(13,14)15/h4-5,8,16H,2-3,6-7H2,1H3/t8-/m1/s1. The number of piperidine rings is 1. The zero-order chi connectivity index (χ0) is 16.5. The average Bonchev–Trinajstić information content (AvgIpc) is 2.96. The maximum Gasteiger partial charge on any atom is 0.393 e. The Morgan fingerprint density at radius 3 is 2.68 bits per heavy atom. The van der Waals surface area contributed by atoms with Gasteiger partial charge in [-0.15, -0.1) is 0 Å². The molecule has 0 saturated carbocycles. The molecule has 0 aromatic carbocycles. The second-order valence-electron chi connectivity index (χ2n) is 4.96. The lowest BCUT2D eigenvalue weighted by atomic mass is 9.97. The van der Waals surface area contributed by atoms with Crippen molar-refractivity contribution in [3.8, 4) is 0 Å². The molecule has 1 fully saturated rings. The predicted octanol–water partition coefficient (Wildman–Crippen LogP) is 1.60. The summed E-state index contributed by atoms with van der Waals surface area (Å²) in [7, 11) is -2.66. The molecule has 2 rings (SSSR count). The monoisotopic (exact) mass is 340 g/mol. The van der Waals surface area contributed by atoms with Crippen LogP contribution in [0.1, 0.15) is 23.4 Å². The van der Waals surface area contributed by atoms with Gasteiger partial charge in [0.1, 0.15) is 0 Å². The van der Waals surface area contributed by atoms with Crippen molar-refractivity contribution in [1.29, 1.82) is 0 Å². The Balaban J connectivity index is 2.15. The van der Waals surface area contributed by atoms with E-state index in [1.165, 1.54) is 7.05 Å². The van der Waals surface area contributed by atoms with E-state index in [9.17, 15) is 26.4 Å². The van der Waals surface area contributed by atoms with Crippen LogP contribution in [-0.4, -0.2) is 45.5 Å². The largest absolute Gasteiger partial charge is 0.438 e. The van der Waals surface area contributed by atoms with Crippen molar-refractivity contribution < 1.29 is 30.8 Å². The van der Waals surface area contributed by atoms with E-state index in [4.69, 9.17) is 4.42 Å². The van der Waals surface area contributed by atoms with Crippen LogP contribution in [0.15, 0.2) is 21.6 Å². The molecule has 1 aromatic heterocycles. The van der Waals surface area contributed by atoms with Gasteiger partial charge < -0.3 is 9.32 Å². The van der Waals surface area contributed by atoms with Gasteiger partial charge in [-0.2, -0.15) is 13.2 Å². The molecule has 1 atom stereocenters. The molecule has 1 N–H and O–H groups in total. The number of amides is 1. The Hall–Kier alpha value is -1.55. The minimum absolute atomic E-state index is 0.0230. The molecule has 1 saturated heterocycles. The van der Waals surface area contributed by atoms with Crippen molar-refractivity contribution in [2.75, 3.05) is 20.1 Å².